The number of nitrogens with one attached hydrogen (secondary N) is 1. The van der Waals surface area contributed by atoms with E-state index in [1.54, 1.807) is 7.11 Å². The quantitative estimate of drug-likeness (QED) is 0.500. The molecule has 5 heteroatoms. The number of aromatic nitrogens is 2. The largest absolute Gasteiger partial charge is 0.380 e. The number of carbonyl (C=O) groups excluding carboxylic acids is 1. The topological polar surface area (TPSA) is 56.1 Å². The summed E-state index contributed by atoms with van der Waals surface area (Å²) >= 11 is 0. The molecule has 29 heavy (non-hydrogen) atoms. The highest BCUT2D eigenvalue weighted by Gasteiger charge is 2.13. The summed E-state index contributed by atoms with van der Waals surface area (Å²) in [6, 6.07) is 25.9. The molecule has 0 bridgehead atoms. The Hall–Kier alpha value is -3.44. The maximum absolute atomic E-state index is 12.5. The van der Waals surface area contributed by atoms with E-state index in [1.165, 1.54) is 0 Å². The lowest BCUT2D eigenvalue weighted by atomic mass is 10.2. The van der Waals surface area contributed by atoms with Crippen LogP contribution in [0.3, 0.4) is 0 Å². The minimum atomic E-state index is -0.0359. The van der Waals surface area contributed by atoms with Crippen LogP contribution in [0.4, 0.5) is 5.69 Å². The summed E-state index contributed by atoms with van der Waals surface area (Å²) in [6.07, 6.45) is 0.901. The van der Waals surface area contributed by atoms with Crippen molar-refractivity contribution < 1.29 is 9.53 Å². The molecule has 0 saturated heterocycles. The molecule has 5 nitrogen and oxygen atoms in total. The molecule has 0 spiro atoms. The van der Waals surface area contributed by atoms with Crippen LogP contribution in [-0.4, -0.2) is 22.6 Å². The lowest BCUT2D eigenvalue weighted by Crippen LogP contribution is -2.14. The van der Waals surface area contributed by atoms with Crippen molar-refractivity contribution in [1.29, 1.82) is 0 Å². The maximum atomic E-state index is 12.5. The first kappa shape index (κ1) is 18.9. The highest BCUT2D eigenvalue weighted by molar-refractivity contribution is 5.91. The van der Waals surface area contributed by atoms with E-state index in [2.05, 4.69) is 28.1 Å². The number of fused-ring (bicyclic) bond motifs is 1. The van der Waals surface area contributed by atoms with Gasteiger partial charge in [-0.05, 0) is 42.0 Å². The predicted molar refractivity (Wildman–Crippen MR) is 115 cm³/mol. The predicted octanol–water partition coefficient (Wildman–Crippen LogP) is 4.74. The molecule has 0 saturated carbocycles. The number of imidazole rings is 1. The van der Waals surface area contributed by atoms with Crippen LogP contribution in [0.1, 0.15) is 17.8 Å². The van der Waals surface area contributed by atoms with E-state index in [4.69, 9.17) is 9.72 Å². The van der Waals surface area contributed by atoms with Gasteiger partial charge >= 0.3 is 0 Å². The Morgan fingerprint density at radius 1 is 1.00 bits per heavy atom. The molecule has 4 aromatic rings. The number of ether oxygens (including phenoxy) is 1. The van der Waals surface area contributed by atoms with Crippen LogP contribution in [0.25, 0.3) is 16.7 Å². The Labute approximate surface area is 170 Å². The maximum Gasteiger partial charge on any atom is 0.224 e. The molecule has 146 valence electrons. The Kier molecular flexibility index (Phi) is 5.68. The lowest BCUT2D eigenvalue weighted by Gasteiger charge is -2.10. The smallest absolute Gasteiger partial charge is 0.224 e. The van der Waals surface area contributed by atoms with Gasteiger partial charge in [0.05, 0.1) is 17.6 Å². The van der Waals surface area contributed by atoms with E-state index in [0.29, 0.717) is 19.4 Å². The minimum absolute atomic E-state index is 0.0359. The molecule has 0 radical (unpaired) electrons. The Bertz CT molecular complexity index is 1120. The molecule has 1 aromatic heterocycles. The van der Waals surface area contributed by atoms with Crippen molar-refractivity contribution in [3.05, 3.63) is 90.3 Å². The van der Waals surface area contributed by atoms with Gasteiger partial charge in [0, 0.05) is 31.3 Å². The molecule has 0 aliphatic heterocycles. The third kappa shape index (κ3) is 4.36. The van der Waals surface area contributed by atoms with E-state index >= 15 is 0 Å². The van der Waals surface area contributed by atoms with E-state index < -0.39 is 0 Å². The molecule has 0 fully saturated rings. The third-order valence-electron chi connectivity index (χ3n) is 4.74. The van der Waals surface area contributed by atoms with Crippen molar-refractivity contribution in [2.24, 2.45) is 0 Å². The van der Waals surface area contributed by atoms with Crippen molar-refractivity contribution >= 4 is 22.6 Å². The van der Waals surface area contributed by atoms with Crippen molar-refractivity contribution in [1.82, 2.24) is 9.55 Å². The Morgan fingerprint density at radius 3 is 2.62 bits per heavy atom. The first-order chi connectivity index (χ1) is 14.2. The van der Waals surface area contributed by atoms with Crippen LogP contribution in [0.15, 0.2) is 78.9 Å². The highest BCUT2D eigenvalue weighted by Crippen LogP contribution is 2.22. The summed E-state index contributed by atoms with van der Waals surface area (Å²) in [6.45, 7) is 0.519. The number of benzene rings is 3. The van der Waals surface area contributed by atoms with Gasteiger partial charge in [-0.25, -0.2) is 4.98 Å². The first-order valence-electron chi connectivity index (χ1n) is 9.64. The summed E-state index contributed by atoms with van der Waals surface area (Å²) < 4.78 is 7.28. The second-order valence-corrected chi connectivity index (χ2v) is 6.87. The van der Waals surface area contributed by atoms with Crippen LogP contribution < -0.4 is 5.32 Å². The molecule has 1 N–H and O–H groups in total. The van der Waals surface area contributed by atoms with Gasteiger partial charge < -0.3 is 10.1 Å². The van der Waals surface area contributed by atoms with Gasteiger partial charge in [0.25, 0.3) is 0 Å². The van der Waals surface area contributed by atoms with Crippen molar-refractivity contribution in [2.45, 2.75) is 19.4 Å². The number of carbonyl (C=O) groups is 1. The summed E-state index contributed by atoms with van der Waals surface area (Å²) in [5, 5.41) is 2.97. The molecule has 3 aromatic carbocycles. The number of nitrogens with zero attached hydrogens (tertiary/aromatic N) is 2. The Morgan fingerprint density at radius 2 is 1.79 bits per heavy atom. The number of para-hydroxylation sites is 3. The Balaban J connectivity index is 1.53. The van der Waals surface area contributed by atoms with Crippen LogP contribution in [0, 0.1) is 0 Å². The van der Waals surface area contributed by atoms with E-state index in [1.807, 2.05) is 60.7 Å². The fraction of sp³-hybridized carbons (Fsp3) is 0.167. The second kappa shape index (κ2) is 8.71. The molecule has 0 atom stereocenters. The fourth-order valence-corrected chi connectivity index (χ4v) is 3.46. The summed E-state index contributed by atoms with van der Waals surface area (Å²) in [4.78, 5) is 17.3. The number of amides is 1. The van der Waals surface area contributed by atoms with Gasteiger partial charge in [0.2, 0.25) is 5.91 Å². The SMILES string of the molecule is COCc1cccc(NC(=O)CCc2nc3ccccc3n2-c2ccccc2)c1. The zero-order chi connectivity index (χ0) is 20.1. The number of anilines is 1. The summed E-state index contributed by atoms with van der Waals surface area (Å²) in [7, 11) is 1.66. The molecule has 0 unspecified atom stereocenters. The van der Waals surface area contributed by atoms with Crippen molar-refractivity contribution in [3.8, 4) is 5.69 Å². The lowest BCUT2D eigenvalue weighted by molar-refractivity contribution is -0.116. The fourth-order valence-electron chi connectivity index (χ4n) is 3.46. The van der Waals surface area contributed by atoms with E-state index in [9.17, 15) is 4.79 Å². The van der Waals surface area contributed by atoms with Crippen LogP contribution in [0.2, 0.25) is 0 Å². The zero-order valence-corrected chi connectivity index (χ0v) is 16.3. The standard InChI is InChI=1S/C24H23N3O2/c1-29-17-18-8-7-9-19(16-18)25-24(28)15-14-23-26-21-12-5-6-13-22(21)27(23)20-10-3-2-4-11-20/h2-13,16H,14-15,17H2,1H3,(H,25,28). The number of aryl methyl sites for hydroxylation is 1. The molecule has 0 aliphatic rings. The number of hydrogen-bond donors (Lipinski definition) is 1. The van der Waals surface area contributed by atoms with Gasteiger partial charge in [0.1, 0.15) is 5.82 Å². The van der Waals surface area contributed by atoms with Crippen LogP contribution in [-0.2, 0) is 22.6 Å². The van der Waals surface area contributed by atoms with Gasteiger partial charge in [-0.15, -0.1) is 0 Å². The molecular weight excluding hydrogens is 362 g/mol. The van der Waals surface area contributed by atoms with Gasteiger partial charge in [0.15, 0.2) is 0 Å². The normalized spacial score (nSPS) is 10.9. The summed E-state index contributed by atoms with van der Waals surface area (Å²) in [5.74, 6) is 0.840. The number of hydrogen-bond acceptors (Lipinski definition) is 3. The molecule has 4 rings (SSSR count). The van der Waals surface area contributed by atoms with E-state index in [0.717, 1.165) is 33.8 Å². The van der Waals surface area contributed by atoms with Crippen LogP contribution >= 0.6 is 0 Å². The summed E-state index contributed by atoms with van der Waals surface area (Å²) in [5.41, 5.74) is 4.82. The van der Waals surface area contributed by atoms with Crippen molar-refractivity contribution in [3.63, 3.8) is 0 Å². The minimum Gasteiger partial charge on any atom is -0.380 e. The average Bonchev–Trinajstić information content (AvgIpc) is 3.12. The molecule has 0 aliphatic carbocycles. The van der Waals surface area contributed by atoms with Crippen LogP contribution in [0.5, 0.6) is 0 Å². The van der Waals surface area contributed by atoms with Gasteiger partial charge in [-0.2, -0.15) is 0 Å². The second-order valence-electron chi connectivity index (χ2n) is 6.87. The van der Waals surface area contributed by atoms with E-state index in [-0.39, 0.29) is 5.91 Å². The third-order valence-corrected chi connectivity index (χ3v) is 4.74. The molecule has 1 heterocycles. The van der Waals surface area contributed by atoms with Gasteiger partial charge in [-0.3, -0.25) is 9.36 Å². The van der Waals surface area contributed by atoms with Gasteiger partial charge in [-0.1, -0.05) is 42.5 Å². The monoisotopic (exact) mass is 385 g/mol. The number of methoxy groups -OCH3 is 1. The highest BCUT2D eigenvalue weighted by atomic mass is 16.5. The average molecular weight is 385 g/mol. The zero-order valence-electron chi connectivity index (χ0n) is 16.3. The van der Waals surface area contributed by atoms with Crippen molar-refractivity contribution in [2.75, 3.05) is 12.4 Å². The molecular formula is C24H23N3O2. The number of rotatable bonds is 7. The first-order valence-corrected chi connectivity index (χ1v) is 9.64. The molecule has 1 amide bonds.